The second-order valence-electron chi connectivity index (χ2n) is 8.66. The molecule has 0 radical (unpaired) electrons. The molecule has 0 fully saturated rings. The molecular weight excluding hydrogens is 398 g/mol. The van der Waals surface area contributed by atoms with E-state index in [2.05, 4.69) is 48.6 Å². The number of hydrogen-bond acceptors (Lipinski definition) is 4. The Morgan fingerprint density at radius 1 is 1.00 bits per heavy atom. The first-order chi connectivity index (χ1) is 15.5. The number of hydrogen-bond donors (Lipinski definition) is 1. The number of ether oxygens (including phenoxy) is 1. The average Bonchev–Trinajstić information content (AvgIpc) is 2.82. The molecule has 4 nitrogen and oxygen atoms in total. The molecule has 32 heavy (non-hydrogen) atoms. The summed E-state index contributed by atoms with van der Waals surface area (Å²) in [6.07, 6.45) is 2.90. The number of aryl methyl sites for hydroxylation is 1. The first-order valence-corrected chi connectivity index (χ1v) is 11.6. The van der Waals surface area contributed by atoms with Gasteiger partial charge in [0.05, 0.1) is 12.2 Å². The van der Waals surface area contributed by atoms with Gasteiger partial charge in [-0.15, -0.1) is 0 Å². The maximum atomic E-state index is 13.5. The van der Waals surface area contributed by atoms with Gasteiger partial charge >= 0.3 is 5.97 Å². The summed E-state index contributed by atoms with van der Waals surface area (Å²) in [6, 6.07) is 18.5. The van der Waals surface area contributed by atoms with Crippen molar-refractivity contribution in [3.63, 3.8) is 0 Å². The van der Waals surface area contributed by atoms with Crippen LogP contribution in [-0.4, -0.2) is 18.4 Å². The number of nitrogens with one attached hydrogen (secondary N) is 1. The maximum Gasteiger partial charge on any atom is 0.336 e. The van der Waals surface area contributed by atoms with Crippen molar-refractivity contribution in [3.05, 3.63) is 93.8 Å². The second-order valence-corrected chi connectivity index (χ2v) is 8.66. The molecule has 2 unspecified atom stereocenters. The molecular formula is C28H31NO3. The monoisotopic (exact) mass is 429 g/mol. The molecule has 2 aromatic carbocycles. The van der Waals surface area contributed by atoms with Gasteiger partial charge in [-0.1, -0.05) is 68.4 Å². The minimum Gasteiger partial charge on any atom is -0.462 e. The Kier molecular flexibility index (Phi) is 6.59. The first kappa shape index (κ1) is 22.1. The van der Waals surface area contributed by atoms with Gasteiger partial charge in [0.1, 0.15) is 0 Å². The van der Waals surface area contributed by atoms with Crippen LogP contribution >= 0.6 is 0 Å². The second kappa shape index (κ2) is 9.56. The summed E-state index contributed by atoms with van der Waals surface area (Å²) in [4.78, 5) is 26.6. The fourth-order valence-corrected chi connectivity index (χ4v) is 4.82. The van der Waals surface area contributed by atoms with Crippen LogP contribution in [0.15, 0.2) is 77.1 Å². The van der Waals surface area contributed by atoms with E-state index in [0.717, 1.165) is 41.8 Å². The standard InChI is InChI=1S/C28H31NO3/c1-4-15-32-28(31)25-18(3)29-23-16-22(20-9-7-6-8-10-20)17-24(30)27(23)26(25)21-13-11-19(5-2)12-14-21/h6-14,22,26,29H,4-5,15-17H2,1-3H3. The molecule has 2 aromatic rings. The molecule has 1 N–H and O–H groups in total. The molecule has 4 rings (SSSR count). The normalized spacial score (nSPS) is 20.7. The van der Waals surface area contributed by atoms with Crippen molar-refractivity contribution in [2.24, 2.45) is 0 Å². The van der Waals surface area contributed by atoms with Gasteiger partial charge in [0.25, 0.3) is 0 Å². The molecule has 0 bridgehead atoms. The van der Waals surface area contributed by atoms with E-state index in [9.17, 15) is 9.59 Å². The van der Waals surface area contributed by atoms with Crippen molar-refractivity contribution in [3.8, 4) is 0 Å². The minimum atomic E-state index is -0.397. The van der Waals surface area contributed by atoms with Crippen LogP contribution in [0.25, 0.3) is 0 Å². The lowest BCUT2D eigenvalue weighted by Gasteiger charge is -2.36. The van der Waals surface area contributed by atoms with Gasteiger partial charge < -0.3 is 10.1 Å². The zero-order chi connectivity index (χ0) is 22.7. The molecule has 166 valence electrons. The molecule has 0 saturated heterocycles. The molecule has 1 aliphatic heterocycles. The van der Waals surface area contributed by atoms with Crippen LogP contribution in [0.5, 0.6) is 0 Å². The number of allylic oxidation sites excluding steroid dienone is 3. The summed E-state index contributed by atoms with van der Waals surface area (Å²) >= 11 is 0. The van der Waals surface area contributed by atoms with Crippen LogP contribution in [0.4, 0.5) is 0 Å². The van der Waals surface area contributed by atoms with E-state index in [1.165, 1.54) is 11.1 Å². The number of dihydropyridines is 1. The van der Waals surface area contributed by atoms with Crippen LogP contribution in [0.3, 0.4) is 0 Å². The number of esters is 1. The topological polar surface area (TPSA) is 55.4 Å². The lowest BCUT2D eigenvalue weighted by atomic mass is 9.71. The number of ketones is 1. The highest BCUT2D eigenvalue weighted by molar-refractivity contribution is 6.04. The van der Waals surface area contributed by atoms with Gasteiger partial charge in [0.15, 0.2) is 5.78 Å². The Morgan fingerprint density at radius 2 is 1.72 bits per heavy atom. The van der Waals surface area contributed by atoms with E-state index in [-0.39, 0.29) is 17.7 Å². The molecule has 1 aliphatic carbocycles. The summed E-state index contributed by atoms with van der Waals surface area (Å²) < 4.78 is 5.53. The van der Waals surface area contributed by atoms with E-state index < -0.39 is 5.92 Å². The average molecular weight is 430 g/mol. The summed E-state index contributed by atoms with van der Waals surface area (Å²) in [6.45, 7) is 6.37. The predicted molar refractivity (Wildman–Crippen MR) is 126 cm³/mol. The van der Waals surface area contributed by atoms with Crippen LogP contribution in [-0.2, 0) is 20.7 Å². The highest BCUT2D eigenvalue weighted by Crippen LogP contribution is 2.45. The predicted octanol–water partition coefficient (Wildman–Crippen LogP) is 5.56. The quantitative estimate of drug-likeness (QED) is 0.611. The lowest BCUT2D eigenvalue weighted by Crippen LogP contribution is -2.36. The van der Waals surface area contributed by atoms with Crippen LogP contribution < -0.4 is 5.32 Å². The molecule has 0 aromatic heterocycles. The van der Waals surface area contributed by atoms with Gasteiger partial charge in [0.2, 0.25) is 0 Å². The van der Waals surface area contributed by atoms with Gasteiger partial charge in [-0.05, 0) is 48.8 Å². The van der Waals surface area contributed by atoms with Gasteiger partial charge in [-0.25, -0.2) is 4.79 Å². The molecule has 0 saturated carbocycles. The Bertz CT molecular complexity index is 1060. The van der Waals surface area contributed by atoms with E-state index in [1.54, 1.807) is 0 Å². The molecule has 2 atom stereocenters. The Labute approximate surface area is 190 Å². The number of carbonyl (C=O) groups is 2. The van der Waals surface area contributed by atoms with Crippen molar-refractivity contribution >= 4 is 11.8 Å². The zero-order valence-electron chi connectivity index (χ0n) is 19.1. The number of Topliss-reactive ketones (excluding diaryl/α,β-unsaturated/α-hetero) is 1. The third-order valence-electron chi connectivity index (χ3n) is 6.48. The van der Waals surface area contributed by atoms with Gasteiger partial charge in [-0.2, -0.15) is 0 Å². The number of rotatable bonds is 6. The third kappa shape index (κ3) is 4.27. The van der Waals surface area contributed by atoms with E-state index in [1.807, 2.05) is 32.0 Å². The van der Waals surface area contributed by atoms with Gasteiger partial charge in [-0.3, -0.25) is 4.79 Å². The maximum absolute atomic E-state index is 13.5. The van der Waals surface area contributed by atoms with Crippen LogP contribution in [0.2, 0.25) is 0 Å². The summed E-state index contributed by atoms with van der Waals surface area (Å²) in [5, 5.41) is 3.42. The highest BCUT2D eigenvalue weighted by atomic mass is 16.5. The van der Waals surface area contributed by atoms with E-state index >= 15 is 0 Å². The Hall–Kier alpha value is -3.14. The highest BCUT2D eigenvalue weighted by Gasteiger charge is 2.41. The van der Waals surface area contributed by atoms with Crippen molar-refractivity contribution in [2.45, 2.75) is 58.3 Å². The first-order valence-electron chi connectivity index (χ1n) is 11.6. The smallest absolute Gasteiger partial charge is 0.336 e. The fourth-order valence-electron chi connectivity index (χ4n) is 4.82. The SMILES string of the molecule is CCCOC(=O)C1=C(C)NC2=C(C(=O)CC(c3ccccc3)C2)C1c1ccc(CC)cc1. The number of carbonyl (C=O) groups excluding carboxylic acids is 2. The summed E-state index contributed by atoms with van der Waals surface area (Å²) in [5.41, 5.74) is 6.34. The van der Waals surface area contributed by atoms with Crippen molar-refractivity contribution in [1.29, 1.82) is 0 Å². The summed E-state index contributed by atoms with van der Waals surface area (Å²) in [7, 11) is 0. The lowest BCUT2D eigenvalue weighted by molar-refractivity contribution is -0.139. The van der Waals surface area contributed by atoms with E-state index in [0.29, 0.717) is 18.6 Å². The van der Waals surface area contributed by atoms with Crippen LogP contribution in [0.1, 0.15) is 68.6 Å². The van der Waals surface area contributed by atoms with Gasteiger partial charge in [0, 0.05) is 29.3 Å². The van der Waals surface area contributed by atoms with Crippen molar-refractivity contribution in [2.75, 3.05) is 6.61 Å². The molecule has 1 heterocycles. The molecule has 0 amide bonds. The molecule has 4 heteroatoms. The van der Waals surface area contributed by atoms with Crippen LogP contribution in [0, 0.1) is 0 Å². The molecule has 2 aliphatic rings. The van der Waals surface area contributed by atoms with E-state index in [4.69, 9.17) is 4.74 Å². The summed E-state index contributed by atoms with van der Waals surface area (Å²) in [5.74, 6) is -0.499. The third-order valence-corrected chi connectivity index (χ3v) is 6.48. The fraction of sp³-hybridized carbons (Fsp3) is 0.357. The Morgan fingerprint density at radius 3 is 2.38 bits per heavy atom. The molecule has 0 spiro atoms. The number of benzene rings is 2. The van der Waals surface area contributed by atoms with Crippen molar-refractivity contribution < 1.29 is 14.3 Å². The zero-order valence-corrected chi connectivity index (χ0v) is 19.1. The largest absolute Gasteiger partial charge is 0.462 e. The van der Waals surface area contributed by atoms with Crippen molar-refractivity contribution in [1.82, 2.24) is 5.32 Å². The Balaban J connectivity index is 1.77. The minimum absolute atomic E-state index is 0.102.